The van der Waals surface area contributed by atoms with Gasteiger partial charge in [0.05, 0.1) is 0 Å². The fraction of sp³-hybridized carbons (Fsp3) is 0.176. The van der Waals surface area contributed by atoms with Crippen LogP contribution in [0.5, 0.6) is 0 Å². The molecule has 2 atom stereocenters. The Hall–Kier alpha value is -1.96. The van der Waals surface area contributed by atoms with E-state index in [0.29, 0.717) is 7.25 Å². The van der Waals surface area contributed by atoms with Crippen molar-refractivity contribution in [2.75, 3.05) is 0 Å². The molecule has 4 aromatic carbocycles. The first kappa shape index (κ1) is 29.0. The molecule has 0 saturated heterocycles. The second-order valence-corrected chi connectivity index (χ2v) is 28.4. The third kappa shape index (κ3) is 5.26. The van der Waals surface area contributed by atoms with Gasteiger partial charge in [0.1, 0.15) is 0 Å². The van der Waals surface area contributed by atoms with Gasteiger partial charge in [-0.3, -0.25) is 0 Å². The van der Waals surface area contributed by atoms with E-state index in [2.05, 4.69) is 136 Å². The summed E-state index contributed by atoms with van der Waals surface area (Å²) in [5, 5.41) is 0. The van der Waals surface area contributed by atoms with Gasteiger partial charge in [0.25, 0.3) is 0 Å². The Morgan fingerprint density at radius 3 is 1.29 bits per heavy atom. The molecule has 0 spiro atoms. The zero-order valence-electron chi connectivity index (χ0n) is 22.3. The zero-order chi connectivity index (χ0) is 24.8. The number of benzene rings is 4. The molecule has 38 heavy (non-hydrogen) atoms. The molecular weight excluding hydrogens is 599 g/mol. The number of hydrogen-bond donors (Lipinski definition) is 0. The van der Waals surface area contributed by atoms with Gasteiger partial charge in [0.15, 0.2) is 0 Å². The molecule has 2 aliphatic carbocycles. The Morgan fingerprint density at radius 1 is 0.526 bits per heavy atom. The van der Waals surface area contributed by atoms with Crippen LogP contribution in [0.3, 0.4) is 0 Å². The molecule has 0 bridgehead atoms. The maximum absolute atomic E-state index is 2.60. The smallest absolute Gasteiger partial charge is 1.00 e. The molecule has 0 nitrogen and oxygen atoms in total. The van der Waals surface area contributed by atoms with Gasteiger partial charge in [-0.2, -0.15) is 0 Å². The monoisotopic (exact) mass is 628 g/mol. The summed E-state index contributed by atoms with van der Waals surface area (Å²) in [6.45, 7) is 10.0. The van der Waals surface area contributed by atoms with Crippen LogP contribution in [0, 0.1) is 0 Å². The summed E-state index contributed by atoms with van der Waals surface area (Å²) in [5.74, 6) is 0. The van der Waals surface area contributed by atoms with Crippen molar-refractivity contribution in [2.45, 2.75) is 34.2 Å². The predicted octanol–water partition coefficient (Wildman–Crippen LogP) is 3.51. The molecule has 0 aromatic heterocycles. The minimum absolute atomic E-state index is 0. The first-order valence-corrected chi connectivity index (χ1v) is 22.0. The molecule has 0 radical (unpaired) electrons. The Bertz CT molecular complexity index is 1450. The molecule has 0 aliphatic heterocycles. The minimum Gasteiger partial charge on any atom is -1.00 e. The summed E-state index contributed by atoms with van der Waals surface area (Å²) in [4.78, 5) is 0. The van der Waals surface area contributed by atoms with E-state index in [1.807, 2.05) is 0 Å². The van der Waals surface area contributed by atoms with Crippen LogP contribution in [-0.4, -0.2) is 5.43 Å². The van der Waals surface area contributed by atoms with E-state index in [4.69, 9.17) is 0 Å². The van der Waals surface area contributed by atoms with Crippen LogP contribution in [0.15, 0.2) is 108 Å². The molecule has 0 N–H and O–H groups in total. The Morgan fingerprint density at radius 2 is 0.921 bits per heavy atom. The molecule has 0 heterocycles. The van der Waals surface area contributed by atoms with Gasteiger partial charge >= 0.3 is 225 Å². The fourth-order valence-corrected chi connectivity index (χ4v) is 27.0. The van der Waals surface area contributed by atoms with Crippen LogP contribution in [-0.2, 0) is 20.4 Å². The van der Waals surface area contributed by atoms with E-state index >= 15 is 0 Å². The van der Waals surface area contributed by atoms with Gasteiger partial charge in [-0.25, -0.2) is 0 Å². The van der Waals surface area contributed by atoms with E-state index in [1.165, 1.54) is 33.4 Å². The first-order valence-electron chi connectivity index (χ1n) is 12.9. The second-order valence-electron chi connectivity index (χ2n) is 10.5. The molecule has 0 fully saturated rings. The van der Waals surface area contributed by atoms with Crippen LogP contribution in [0.25, 0.3) is 34.4 Å². The van der Waals surface area contributed by atoms with Gasteiger partial charge in [0, 0.05) is 0 Å². The summed E-state index contributed by atoms with van der Waals surface area (Å²) >= 11 is -1.98. The van der Waals surface area contributed by atoms with Crippen molar-refractivity contribution in [1.82, 2.24) is 0 Å². The average molecular weight is 631 g/mol. The molecule has 190 valence electrons. The van der Waals surface area contributed by atoms with Crippen LogP contribution in [0.1, 0.15) is 43.4 Å². The standard InChI is InChI=1S/2C16H13.C2H6Si.2ClH.Zr/c2*1-12-9-14-7-8-15(11-16(14)10-12)13-5-3-2-4-6-13;1-3-2;;;/h2*2-11H,1H3;1-2H3;2*1H;/q;;;;;+2/p-2. The molecule has 4 aromatic rings. The fourth-order valence-electron chi connectivity index (χ4n) is 6.26. The van der Waals surface area contributed by atoms with Gasteiger partial charge in [-0.1, -0.05) is 0 Å². The molecular formula is C34H32Cl2SiZr. The average Bonchev–Trinajstić information content (AvgIpc) is 3.40. The number of fused-ring (bicyclic) bond motifs is 2. The van der Waals surface area contributed by atoms with Crippen LogP contribution >= 0.6 is 0 Å². The number of halogens is 2. The summed E-state index contributed by atoms with van der Waals surface area (Å²) in [7, 11) is 0. The number of rotatable bonds is 4. The maximum Gasteiger partial charge on any atom is -1.00 e. The quantitative estimate of drug-likeness (QED) is 0.303. The van der Waals surface area contributed by atoms with Crippen LogP contribution in [0.4, 0.5) is 0 Å². The van der Waals surface area contributed by atoms with Crippen molar-refractivity contribution >= 4 is 17.6 Å². The van der Waals surface area contributed by atoms with Crippen LogP contribution in [0.2, 0.25) is 13.1 Å². The summed E-state index contributed by atoms with van der Waals surface area (Å²) in [5.41, 5.74) is 14.2. The van der Waals surface area contributed by atoms with Crippen molar-refractivity contribution in [1.29, 1.82) is 0 Å². The number of hydrogen-bond acceptors (Lipinski definition) is 0. The first-order chi connectivity index (χ1) is 17.5. The molecule has 6 rings (SSSR count). The molecule has 0 saturated carbocycles. The van der Waals surface area contributed by atoms with Crippen molar-refractivity contribution in [3.05, 3.63) is 130 Å². The molecule has 2 aliphatic rings. The van der Waals surface area contributed by atoms with E-state index in [0.717, 1.165) is 0 Å². The van der Waals surface area contributed by atoms with Crippen molar-refractivity contribution in [2.24, 2.45) is 0 Å². The zero-order valence-corrected chi connectivity index (χ0v) is 27.3. The van der Waals surface area contributed by atoms with Crippen molar-refractivity contribution in [3.8, 4) is 22.3 Å². The van der Waals surface area contributed by atoms with Gasteiger partial charge < -0.3 is 24.8 Å². The number of allylic oxidation sites excluding steroid dienone is 2. The van der Waals surface area contributed by atoms with E-state index < -0.39 is 25.8 Å². The normalized spacial score (nSPS) is 16.6. The SMILES string of the molecule is CC1=Cc2cc(-c3ccccc3)ccc2[C@@H]1[Zr+2]([C@H]1C(C)=Cc2cc(-c3ccccc3)ccc21)=[Si](C)C.[Cl-].[Cl-]. The third-order valence-corrected chi connectivity index (χ3v) is 27.8. The van der Waals surface area contributed by atoms with Gasteiger partial charge in [-0.15, -0.1) is 0 Å². The van der Waals surface area contributed by atoms with E-state index in [1.54, 1.807) is 22.3 Å². The topological polar surface area (TPSA) is 0 Å². The summed E-state index contributed by atoms with van der Waals surface area (Å²) in [6.07, 6.45) is 5.01. The van der Waals surface area contributed by atoms with Crippen molar-refractivity contribution < 1.29 is 45.2 Å². The predicted molar refractivity (Wildman–Crippen MR) is 154 cm³/mol. The van der Waals surface area contributed by atoms with Crippen molar-refractivity contribution in [3.63, 3.8) is 0 Å². The van der Waals surface area contributed by atoms with Gasteiger partial charge in [-0.05, 0) is 0 Å². The molecule has 4 heteroatoms. The third-order valence-electron chi connectivity index (χ3n) is 7.89. The van der Waals surface area contributed by atoms with E-state index in [-0.39, 0.29) is 24.8 Å². The second kappa shape index (κ2) is 12.1. The minimum atomic E-state index is -1.98. The summed E-state index contributed by atoms with van der Waals surface area (Å²) < 4.78 is 1.37. The molecule has 0 unspecified atom stereocenters. The Kier molecular flexibility index (Phi) is 9.21. The van der Waals surface area contributed by atoms with Crippen LogP contribution < -0.4 is 24.8 Å². The maximum atomic E-state index is 2.60. The Balaban J connectivity index is 0.00000168. The Labute approximate surface area is 247 Å². The largest absolute Gasteiger partial charge is 1.00 e. The summed E-state index contributed by atoms with van der Waals surface area (Å²) in [6, 6.07) is 36.2. The van der Waals surface area contributed by atoms with Gasteiger partial charge in [0.2, 0.25) is 0 Å². The van der Waals surface area contributed by atoms with E-state index in [9.17, 15) is 0 Å². The molecule has 0 amide bonds.